The van der Waals surface area contributed by atoms with Crippen LogP contribution in [0.15, 0.2) is 29.4 Å². The third-order valence-corrected chi connectivity index (χ3v) is 1.17. The first-order valence-electron chi connectivity index (χ1n) is 2.93. The fraction of sp³-hybridized carbons (Fsp3) is 0. The number of nitrogens with zero attached hydrogens (tertiary/aromatic N) is 1. The minimum absolute atomic E-state index is 0.0355. The van der Waals surface area contributed by atoms with Crippen LogP contribution >= 0.6 is 0 Å². The number of benzene rings is 1. The molecule has 0 saturated carbocycles. The van der Waals surface area contributed by atoms with E-state index in [1.165, 1.54) is 6.07 Å². The van der Waals surface area contributed by atoms with Gasteiger partial charge >= 0.3 is 0 Å². The number of phenolic OH excluding ortho intramolecular Hbond substituents is 1. The van der Waals surface area contributed by atoms with Gasteiger partial charge in [-0.15, -0.1) is 0 Å². The van der Waals surface area contributed by atoms with Gasteiger partial charge in [0.25, 0.3) is 0 Å². The van der Waals surface area contributed by atoms with E-state index in [0.29, 0.717) is 5.56 Å². The molecule has 0 atom stereocenters. The summed E-state index contributed by atoms with van der Waals surface area (Å²) < 4.78 is 11.0. The zero-order valence-electron chi connectivity index (χ0n) is 5.57. The summed E-state index contributed by atoms with van der Waals surface area (Å²) in [7, 11) is 0. The van der Waals surface area contributed by atoms with Crippen LogP contribution < -0.4 is 0 Å². The number of para-hydroxylation sites is 1. The molecule has 1 aromatic rings. The van der Waals surface area contributed by atoms with Crippen molar-refractivity contribution < 1.29 is 14.7 Å². The summed E-state index contributed by atoms with van der Waals surface area (Å²) in [5.41, 5.74) is 0.408. The monoisotopic (exact) mass is 155 g/mol. The topological polar surface area (TPSA) is 41.8 Å². The molecule has 0 aliphatic rings. The molecule has 0 aliphatic heterocycles. The summed E-state index contributed by atoms with van der Waals surface area (Å²) >= 11 is 0. The second-order valence-electron chi connectivity index (χ2n) is 1.86. The van der Waals surface area contributed by atoms with E-state index in [1.54, 1.807) is 18.2 Å². The Kier molecular flexibility index (Phi) is 2.43. The fourth-order valence-corrected chi connectivity index (χ4v) is 0.673. The third kappa shape index (κ3) is 1.93. The molecule has 0 heterocycles. The quantitative estimate of drug-likeness (QED) is 0.521. The minimum atomic E-state index is 0.0355. The van der Waals surface area contributed by atoms with E-state index in [2.05, 4.69) is 10.2 Å². The molecule has 0 radical (unpaired) electrons. The summed E-state index contributed by atoms with van der Waals surface area (Å²) in [5, 5.41) is 14.9. The lowest BCUT2D eigenvalue weighted by atomic mass is 10.2. The highest BCUT2D eigenvalue weighted by molar-refractivity contribution is 5.82. The summed E-state index contributed by atoms with van der Waals surface area (Å²) in [6, 6.07) is 6.40. The third-order valence-electron chi connectivity index (χ3n) is 1.17. The summed E-state index contributed by atoms with van der Waals surface area (Å²) in [6.45, 7) is 0. The Morgan fingerprint density at radius 1 is 1.45 bits per heavy atom. The molecule has 0 saturated heterocycles. The molecule has 0 fully saturated rings. The molecule has 3 nitrogen and oxygen atoms in total. The van der Waals surface area contributed by atoms with Crippen molar-refractivity contribution in [2.75, 3.05) is 0 Å². The Hall–Kier alpha value is -1.58. The molecule has 0 amide bonds. The maximum absolute atomic E-state index is 11.0. The van der Waals surface area contributed by atoms with Crippen LogP contribution in [0.4, 0.5) is 4.53 Å². The van der Waals surface area contributed by atoms with Crippen LogP contribution in [0.25, 0.3) is 0 Å². The largest absolute Gasteiger partial charge is 0.507 e. The van der Waals surface area contributed by atoms with Crippen molar-refractivity contribution >= 4 is 6.21 Å². The molecule has 11 heavy (non-hydrogen) atoms. The van der Waals surface area contributed by atoms with Crippen LogP contribution in [0, 0.1) is 0 Å². The summed E-state index contributed by atoms with van der Waals surface area (Å²) in [6.07, 6.45) is 1.08. The molecular weight excluding hydrogens is 149 g/mol. The van der Waals surface area contributed by atoms with Gasteiger partial charge in [-0.3, -0.25) is 0 Å². The minimum Gasteiger partial charge on any atom is -0.507 e. The van der Waals surface area contributed by atoms with Gasteiger partial charge in [0.05, 0.1) is 6.21 Å². The van der Waals surface area contributed by atoms with Gasteiger partial charge in [0.1, 0.15) is 5.75 Å². The Morgan fingerprint density at radius 2 is 2.18 bits per heavy atom. The van der Waals surface area contributed by atoms with E-state index in [-0.39, 0.29) is 5.75 Å². The lowest BCUT2D eigenvalue weighted by Gasteiger charge is -1.93. The zero-order valence-corrected chi connectivity index (χ0v) is 5.57. The molecule has 0 bridgehead atoms. The predicted octanol–water partition coefficient (Wildman–Crippen LogP) is 1.63. The van der Waals surface area contributed by atoms with Crippen LogP contribution in [-0.4, -0.2) is 11.3 Å². The van der Waals surface area contributed by atoms with Gasteiger partial charge in [0.15, 0.2) is 0 Å². The number of aromatic hydroxyl groups is 1. The number of phenols is 1. The van der Waals surface area contributed by atoms with E-state index in [4.69, 9.17) is 5.11 Å². The molecular formula is C7H6FNO2. The first-order valence-corrected chi connectivity index (χ1v) is 2.93. The SMILES string of the molecule is Oc1ccccc1/C=N/OF. The van der Waals surface area contributed by atoms with Gasteiger partial charge in [0, 0.05) is 10.1 Å². The molecule has 1 N–H and O–H groups in total. The standard InChI is InChI=1S/C7H6FNO2/c8-11-9-5-6-3-1-2-4-7(6)10/h1-5,10H/b9-5+. The van der Waals surface area contributed by atoms with Gasteiger partial charge in [-0.2, -0.15) is 5.04 Å². The van der Waals surface area contributed by atoms with Crippen molar-refractivity contribution in [3.63, 3.8) is 0 Å². The Morgan fingerprint density at radius 3 is 2.82 bits per heavy atom. The molecule has 4 heteroatoms. The maximum atomic E-state index is 11.0. The van der Waals surface area contributed by atoms with E-state index in [9.17, 15) is 4.53 Å². The molecule has 0 aromatic heterocycles. The van der Waals surface area contributed by atoms with Crippen molar-refractivity contribution in [1.82, 2.24) is 0 Å². The second-order valence-corrected chi connectivity index (χ2v) is 1.86. The number of hydrogen-bond acceptors (Lipinski definition) is 3. The van der Waals surface area contributed by atoms with E-state index >= 15 is 0 Å². The molecule has 58 valence electrons. The van der Waals surface area contributed by atoms with Gasteiger partial charge in [-0.05, 0) is 17.3 Å². The van der Waals surface area contributed by atoms with Crippen molar-refractivity contribution in [2.24, 2.45) is 5.16 Å². The average molecular weight is 155 g/mol. The highest BCUT2D eigenvalue weighted by Gasteiger charge is 1.93. The van der Waals surface area contributed by atoms with E-state index in [1.807, 2.05) is 0 Å². The predicted molar refractivity (Wildman–Crippen MR) is 37.9 cm³/mol. The van der Waals surface area contributed by atoms with Crippen molar-refractivity contribution in [3.8, 4) is 5.75 Å². The number of hydrogen-bond donors (Lipinski definition) is 1. The van der Waals surface area contributed by atoms with Crippen molar-refractivity contribution in [3.05, 3.63) is 29.8 Å². The van der Waals surface area contributed by atoms with Crippen LogP contribution in [0.5, 0.6) is 5.75 Å². The Balaban J connectivity index is 2.86. The number of halogens is 1. The van der Waals surface area contributed by atoms with Crippen molar-refractivity contribution in [1.29, 1.82) is 0 Å². The van der Waals surface area contributed by atoms with Gasteiger partial charge in [-0.1, -0.05) is 12.1 Å². The van der Waals surface area contributed by atoms with E-state index < -0.39 is 0 Å². The smallest absolute Gasteiger partial charge is 0.124 e. The van der Waals surface area contributed by atoms with Gasteiger partial charge in [0.2, 0.25) is 0 Å². The van der Waals surface area contributed by atoms with Crippen LogP contribution in [0.3, 0.4) is 0 Å². The average Bonchev–Trinajstić information content (AvgIpc) is 2.03. The summed E-state index contributed by atoms with van der Waals surface area (Å²) in [5.74, 6) is 0.0355. The Bertz CT molecular complexity index is 262. The molecule has 0 spiro atoms. The maximum Gasteiger partial charge on any atom is 0.124 e. The number of oxime groups is 1. The van der Waals surface area contributed by atoms with E-state index in [0.717, 1.165) is 6.21 Å². The summed E-state index contributed by atoms with van der Waals surface area (Å²) in [4.78, 5) is 0. The van der Waals surface area contributed by atoms with Crippen LogP contribution in [-0.2, 0) is 5.04 Å². The first-order chi connectivity index (χ1) is 5.34. The van der Waals surface area contributed by atoms with Gasteiger partial charge in [-0.25, -0.2) is 0 Å². The molecule has 0 aliphatic carbocycles. The normalized spacial score (nSPS) is 10.3. The highest BCUT2D eigenvalue weighted by atomic mass is 19.3. The van der Waals surface area contributed by atoms with Gasteiger partial charge < -0.3 is 5.11 Å². The fourth-order valence-electron chi connectivity index (χ4n) is 0.673. The second kappa shape index (κ2) is 3.55. The van der Waals surface area contributed by atoms with Crippen LogP contribution in [0.2, 0.25) is 0 Å². The molecule has 1 rings (SSSR count). The number of rotatable bonds is 2. The van der Waals surface area contributed by atoms with Crippen LogP contribution in [0.1, 0.15) is 5.56 Å². The molecule has 1 aromatic carbocycles. The first kappa shape index (κ1) is 7.53. The highest BCUT2D eigenvalue weighted by Crippen LogP contribution is 2.12. The molecule has 0 unspecified atom stereocenters. The zero-order chi connectivity index (χ0) is 8.10. The lowest BCUT2D eigenvalue weighted by Crippen LogP contribution is -1.80. The lowest BCUT2D eigenvalue weighted by molar-refractivity contribution is -0.130. The van der Waals surface area contributed by atoms with Crippen molar-refractivity contribution in [2.45, 2.75) is 0 Å². The Labute approximate surface area is 62.6 Å².